The maximum absolute atomic E-state index is 12.0. The van der Waals surface area contributed by atoms with Gasteiger partial charge < -0.3 is 20.1 Å². The van der Waals surface area contributed by atoms with Crippen molar-refractivity contribution < 1.29 is 20.1 Å². The highest BCUT2D eigenvalue weighted by Crippen LogP contribution is 2.28. The van der Waals surface area contributed by atoms with E-state index in [2.05, 4.69) is 9.97 Å². The highest BCUT2D eigenvalue weighted by molar-refractivity contribution is 5.55. The zero-order chi connectivity index (χ0) is 16.6. The molecule has 1 aliphatic heterocycles. The molecule has 3 rings (SSSR count). The number of H-pyrrole nitrogens is 1. The fraction of sp³-hybridized carbons (Fsp3) is 0.357. The van der Waals surface area contributed by atoms with Crippen molar-refractivity contribution in [2.45, 2.75) is 24.5 Å². The van der Waals surface area contributed by atoms with Crippen LogP contribution in [0.4, 0.5) is 0 Å². The topological polar surface area (TPSA) is 138 Å². The van der Waals surface area contributed by atoms with Gasteiger partial charge in [-0.1, -0.05) is 6.07 Å². The first kappa shape index (κ1) is 15.6. The summed E-state index contributed by atoms with van der Waals surface area (Å²) in [6.45, 7) is -0.514. The molecule has 0 bridgehead atoms. The zero-order valence-electron chi connectivity index (χ0n) is 11.9. The van der Waals surface area contributed by atoms with Crippen LogP contribution in [0.1, 0.15) is 6.23 Å². The van der Waals surface area contributed by atoms with Gasteiger partial charge in [-0.05, 0) is 12.1 Å². The highest BCUT2D eigenvalue weighted by atomic mass is 16.6. The first-order valence-electron chi connectivity index (χ1n) is 6.92. The molecule has 2 aromatic rings. The second-order valence-electron chi connectivity index (χ2n) is 5.15. The standard InChI is InChI=1S/C14H15N3O6/c18-6-9-10(19)11(20)13(23-9)17-5-7(12(21)16-14(17)22)8-3-1-2-4-15-8/h1-5,9-11,13,18-20H,6H2,(H,16,21,22)/t9-,10-,11-,13-/m1/s1. The highest BCUT2D eigenvalue weighted by Gasteiger charge is 2.43. The zero-order valence-corrected chi connectivity index (χ0v) is 11.9. The molecule has 0 saturated carbocycles. The number of pyridine rings is 1. The summed E-state index contributed by atoms with van der Waals surface area (Å²) < 4.78 is 6.27. The minimum atomic E-state index is -1.42. The van der Waals surface area contributed by atoms with E-state index in [1.165, 1.54) is 12.4 Å². The third kappa shape index (κ3) is 2.70. The average Bonchev–Trinajstić information content (AvgIpc) is 2.84. The van der Waals surface area contributed by atoms with Crippen LogP contribution in [0.15, 0.2) is 40.2 Å². The van der Waals surface area contributed by atoms with Crippen LogP contribution in [0.3, 0.4) is 0 Å². The van der Waals surface area contributed by atoms with E-state index in [9.17, 15) is 19.8 Å². The van der Waals surface area contributed by atoms with Gasteiger partial charge in [0.2, 0.25) is 0 Å². The van der Waals surface area contributed by atoms with Gasteiger partial charge in [-0.3, -0.25) is 19.3 Å². The lowest BCUT2D eigenvalue weighted by Gasteiger charge is -2.17. The number of nitrogens with one attached hydrogen (secondary N) is 1. The second-order valence-corrected chi connectivity index (χ2v) is 5.15. The SMILES string of the molecule is O=c1[nH]c(=O)n([C@@H]2O[C@H](CO)[C@@H](O)[C@H]2O)cc1-c1ccccn1. The van der Waals surface area contributed by atoms with Gasteiger partial charge in [0.05, 0.1) is 17.9 Å². The number of hydrogen-bond acceptors (Lipinski definition) is 7. The van der Waals surface area contributed by atoms with Crippen molar-refractivity contribution in [2.75, 3.05) is 6.61 Å². The molecule has 0 unspecified atom stereocenters. The molecule has 0 spiro atoms. The molecule has 122 valence electrons. The average molecular weight is 321 g/mol. The summed E-state index contributed by atoms with van der Waals surface area (Å²) in [7, 11) is 0. The third-order valence-electron chi connectivity index (χ3n) is 3.70. The number of aromatic nitrogens is 3. The molecule has 1 fully saturated rings. The Morgan fingerprint density at radius 1 is 1.26 bits per heavy atom. The predicted octanol–water partition coefficient (Wildman–Crippen LogP) is -1.79. The van der Waals surface area contributed by atoms with Crippen LogP contribution in [0, 0.1) is 0 Å². The Labute approximate surface area is 129 Å². The van der Waals surface area contributed by atoms with Crippen LogP contribution in [0.2, 0.25) is 0 Å². The maximum Gasteiger partial charge on any atom is 0.330 e. The minimum absolute atomic E-state index is 0.114. The summed E-state index contributed by atoms with van der Waals surface area (Å²) in [5.41, 5.74) is -0.974. The summed E-state index contributed by atoms with van der Waals surface area (Å²) in [4.78, 5) is 30.2. The van der Waals surface area contributed by atoms with Crippen LogP contribution in [-0.2, 0) is 4.74 Å². The van der Waals surface area contributed by atoms with E-state index in [0.717, 1.165) is 4.57 Å². The lowest BCUT2D eigenvalue weighted by atomic mass is 10.1. The maximum atomic E-state index is 12.0. The lowest BCUT2D eigenvalue weighted by Crippen LogP contribution is -2.38. The molecule has 3 heterocycles. The Bertz CT molecular complexity index is 802. The predicted molar refractivity (Wildman–Crippen MR) is 77.6 cm³/mol. The molecule has 9 nitrogen and oxygen atoms in total. The molecule has 0 aliphatic carbocycles. The molecule has 23 heavy (non-hydrogen) atoms. The largest absolute Gasteiger partial charge is 0.394 e. The van der Waals surface area contributed by atoms with E-state index < -0.39 is 42.4 Å². The number of nitrogens with zero attached hydrogens (tertiary/aromatic N) is 2. The van der Waals surface area contributed by atoms with Gasteiger partial charge in [-0.15, -0.1) is 0 Å². The Kier molecular flexibility index (Phi) is 4.09. The lowest BCUT2D eigenvalue weighted by molar-refractivity contribution is -0.0549. The van der Waals surface area contributed by atoms with Gasteiger partial charge in [-0.25, -0.2) is 4.79 Å². The molecule has 2 aromatic heterocycles. The fourth-order valence-corrected chi connectivity index (χ4v) is 2.49. The molecule has 0 aromatic carbocycles. The fourth-order valence-electron chi connectivity index (χ4n) is 2.49. The smallest absolute Gasteiger partial charge is 0.330 e. The number of aliphatic hydroxyl groups is 3. The molecule has 1 aliphatic rings. The first-order chi connectivity index (χ1) is 11.0. The second kappa shape index (κ2) is 6.05. The summed E-state index contributed by atoms with van der Waals surface area (Å²) in [5.74, 6) is 0. The molecule has 4 N–H and O–H groups in total. The van der Waals surface area contributed by atoms with Crippen LogP contribution in [0.25, 0.3) is 11.3 Å². The molecule has 0 radical (unpaired) electrons. The van der Waals surface area contributed by atoms with Crippen LogP contribution in [0.5, 0.6) is 0 Å². The number of ether oxygens (including phenoxy) is 1. The quantitative estimate of drug-likeness (QED) is 0.524. The van der Waals surface area contributed by atoms with Gasteiger partial charge in [0.1, 0.15) is 18.3 Å². The van der Waals surface area contributed by atoms with Gasteiger partial charge >= 0.3 is 5.69 Å². The molecule has 4 atom stereocenters. The van der Waals surface area contributed by atoms with E-state index in [4.69, 9.17) is 9.84 Å². The molecular formula is C14H15N3O6. The summed E-state index contributed by atoms with van der Waals surface area (Å²) in [6, 6.07) is 4.96. The van der Waals surface area contributed by atoms with Gasteiger partial charge in [0, 0.05) is 12.4 Å². The molecular weight excluding hydrogens is 306 g/mol. The van der Waals surface area contributed by atoms with E-state index in [1.807, 2.05) is 0 Å². The first-order valence-corrected chi connectivity index (χ1v) is 6.92. The number of aromatic amines is 1. The minimum Gasteiger partial charge on any atom is -0.394 e. The van der Waals surface area contributed by atoms with E-state index in [1.54, 1.807) is 18.2 Å². The van der Waals surface area contributed by atoms with Crippen molar-refractivity contribution in [2.24, 2.45) is 0 Å². The van der Waals surface area contributed by atoms with Crippen molar-refractivity contribution >= 4 is 0 Å². The van der Waals surface area contributed by atoms with Crippen molar-refractivity contribution in [1.82, 2.24) is 14.5 Å². The van der Waals surface area contributed by atoms with Crippen molar-refractivity contribution in [1.29, 1.82) is 0 Å². The summed E-state index contributed by atoms with van der Waals surface area (Å²) in [5, 5.41) is 28.9. The van der Waals surface area contributed by atoms with Gasteiger partial charge in [0.15, 0.2) is 6.23 Å². The van der Waals surface area contributed by atoms with Crippen LogP contribution >= 0.6 is 0 Å². The van der Waals surface area contributed by atoms with Gasteiger partial charge in [0.25, 0.3) is 5.56 Å². The molecule has 9 heteroatoms. The van der Waals surface area contributed by atoms with E-state index >= 15 is 0 Å². The summed E-state index contributed by atoms with van der Waals surface area (Å²) in [6.07, 6.45) is -2.31. The Balaban J connectivity index is 2.08. The number of rotatable bonds is 3. The van der Waals surface area contributed by atoms with Crippen molar-refractivity contribution in [3.05, 3.63) is 51.4 Å². The van der Waals surface area contributed by atoms with Crippen molar-refractivity contribution in [3.8, 4) is 11.3 Å². The Hall–Kier alpha value is -2.33. The van der Waals surface area contributed by atoms with Crippen molar-refractivity contribution in [3.63, 3.8) is 0 Å². The Morgan fingerprint density at radius 2 is 2.04 bits per heavy atom. The molecule has 0 amide bonds. The monoisotopic (exact) mass is 321 g/mol. The number of hydrogen-bond donors (Lipinski definition) is 4. The van der Waals surface area contributed by atoms with E-state index in [0.29, 0.717) is 5.69 Å². The van der Waals surface area contributed by atoms with Crippen LogP contribution in [-0.4, -0.2) is 54.8 Å². The summed E-state index contributed by atoms with van der Waals surface area (Å²) >= 11 is 0. The Morgan fingerprint density at radius 3 is 2.65 bits per heavy atom. The molecule has 1 saturated heterocycles. The number of aliphatic hydroxyl groups excluding tert-OH is 3. The normalized spacial score (nSPS) is 27.3. The third-order valence-corrected chi connectivity index (χ3v) is 3.70. The van der Waals surface area contributed by atoms with E-state index in [-0.39, 0.29) is 5.56 Å². The van der Waals surface area contributed by atoms with Gasteiger partial charge in [-0.2, -0.15) is 0 Å². The van der Waals surface area contributed by atoms with Crippen LogP contribution < -0.4 is 11.2 Å².